The average Bonchev–Trinajstić information content (AvgIpc) is 3.28. The lowest BCUT2D eigenvalue weighted by molar-refractivity contribution is 0.275. The molecule has 0 amide bonds. The Hall–Kier alpha value is -1.87. The zero-order valence-corrected chi connectivity index (χ0v) is 12.3. The highest BCUT2D eigenvalue weighted by Crippen LogP contribution is 2.37. The van der Waals surface area contributed by atoms with Gasteiger partial charge in [0.1, 0.15) is 0 Å². The van der Waals surface area contributed by atoms with Crippen molar-refractivity contribution in [3.8, 4) is 0 Å². The fourth-order valence-corrected chi connectivity index (χ4v) is 3.11. The van der Waals surface area contributed by atoms with Crippen LogP contribution in [0.1, 0.15) is 35.8 Å². The standard InChI is InChI=1S/C18H21N3/c1-2-5-15(6-3-1)7-4-11-20-12-10-18-17(13-20)19-14-21(18)16-8-9-16/h1-7,14,16H,8-13H2/b7-4+. The van der Waals surface area contributed by atoms with Gasteiger partial charge in [0.05, 0.1) is 12.0 Å². The van der Waals surface area contributed by atoms with E-state index >= 15 is 0 Å². The molecule has 1 aromatic heterocycles. The molecule has 0 bridgehead atoms. The van der Waals surface area contributed by atoms with E-state index in [1.54, 1.807) is 0 Å². The van der Waals surface area contributed by atoms with Crippen LogP contribution in [0.5, 0.6) is 0 Å². The van der Waals surface area contributed by atoms with E-state index in [1.165, 1.54) is 29.8 Å². The van der Waals surface area contributed by atoms with Gasteiger partial charge in [0.15, 0.2) is 0 Å². The minimum atomic E-state index is 0.755. The summed E-state index contributed by atoms with van der Waals surface area (Å²) in [5.41, 5.74) is 4.05. The SMILES string of the molecule is C(=C\c1ccccc1)/CN1CCc2c(ncn2C2CC2)C1. The molecule has 1 aliphatic heterocycles. The molecule has 21 heavy (non-hydrogen) atoms. The van der Waals surface area contributed by atoms with E-state index in [0.29, 0.717) is 0 Å². The maximum absolute atomic E-state index is 4.63. The third-order valence-electron chi connectivity index (χ3n) is 4.43. The van der Waals surface area contributed by atoms with Crippen molar-refractivity contribution >= 4 is 6.08 Å². The number of nitrogens with zero attached hydrogens (tertiary/aromatic N) is 3. The quantitative estimate of drug-likeness (QED) is 0.856. The third kappa shape index (κ3) is 2.79. The molecule has 3 heteroatoms. The lowest BCUT2D eigenvalue weighted by atomic mass is 10.1. The summed E-state index contributed by atoms with van der Waals surface area (Å²) in [6.45, 7) is 3.14. The van der Waals surface area contributed by atoms with E-state index in [2.05, 4.69) is 63.3 Å². The topological polar surface area (TPSA) is 21.1 Å². The van der Waals surface area contributed by atoms with Crippen LogP contribution >= 0.6 is 0 Å². The predicted octanol–water partition coefficient (Wildman–Crippen LogP) is 3.29. The fourth-order valence-electron chi connectivity index (χ4n) is 3.11. The van der Waals surface area contributed by atoms with Crippen LogP contribution < -0.4 is 0 Å². The molecule has 0 saturated heterocycles. The number of benzene rings is 1. The summed E-state index contributed by atoms with van der Waals surface area (Å²) in [4.78, 5) is 7.11. The predicted molar refractivity (Wildman–Crippen MR) is 85.0 cm³/mol. The van der Waals surface area contributed by atoms with Crippen LogP contribution in [0, 0.1) is 0 Å². The van der Waals surface area contributed by atoms with Gasteiger partial charge in [-0.3, -0.25) is 4.90 Å². The summed E-state index contributed by atoms with van der Waals surface area (Å²) in [7, 11) is 0. The molecule has 1 saturated carbocycles. The number of fused-ring (bicyclic) bond motifs is 1. The van der Waals surface area contributed by atoms with Crippen molar-refractivity contribution in [2.24, 2.45) is 0 Å². The van der Waals surface area contributed by atoms with E-state index in [1.807, 2.05) is 0 Å². The first-order valence-corrected chi connectivity index (χ1v) is 7.89. The Morgan fingerprint density at radius 3 is 2.86 bits per heavy atom. The monoisotopic (exact) mass is 279 g/mol. The Morgan fingerprint density at radius 2 is 2.05 bits per heavy atom. The zero-order valence-electron chi connectivity index (χ0n) is 12.3. The number of aromatic nitrogens is 2. The van der Waals surface area contributed by atoms with Crippen LogP contribution in [0.3, 0.4) is 0 Å². The van der Waals surface area contributed by atoms with E-state index < -0.39 is 0 Å². The second-order valence-corrected chi connectivity index (χ2v) is 6.07. The van der Waals surface area contributed by atoms with Crippen LogP contribution in [-0.4, -0.2) is 27.5 Å². The molecule has 2 aromatic rings. The molecule has 0 N–H and O–H groups in total. The van der Waals surface area contributed by atoms with Crippen LogP contribution in [0.2, 0.25) is 0 Å². The lowest BCUT2D eigenvalue weighted by Gasteiger charge is -2.25. The van der Waals surface area contributed by atoms with Gasteiger partial charge in [-0.25, -0.2) is 4.98 Å². The molecule has 1 aromatic carbocycles. The Bertz CT molecular complexity index is 638. The first-order valence-electron chi connectivity index (χ1n) is 7.89. The largest absolute Gasteiger partial charge is 0.331 e. The Balaban J connectivity index is 1.38. The van der Waals surface area contributed by atoms with Gasteiger partial charge in [-0.15, -0.1) is 0 Å². The molecule has 2 aliphatic rings. The average molecular weight is 279 g/mol. The Labute approximate surface area is 125 Å². The number of hydrogen-bond donors (Lipinski definition) is 0. The molecule has 0 spiro atoms. The molecule has 1 aliphatic carbocycles. The number of rotatable bonds is 4. The molecule has 4 rings (SSSR count). The zero-order chi connectivity index (χ0) is 14.1. The van der Waals surface area contributed by atoms with Crippen molar-refractivity contribution in [2.75, 3.05) is 13.1 Å². The molecule has 0 radical (unpaired) electrons. The van der Waals surface area contributed by atoms with Crippen molar-refractivity contribution in [3.63, 3.8) is 0 Å². The molecular weight excluding hydrogens is 258 g/mol. The Morgan fingerprint density at radius 1 is 1.19 bits per heavy atom. The summed E-state index contributed by atoms with van der Waals surface area (Å²) in [5, 5.41) is 0. The van der Waals surface area contributed by atoms with Crippen molar-refractivity contribution in [1.29, 1.82) is 0 Å². The Kier molecular flexibility index (Phi) is 3.36. The van der Waals surface area contributed by atoms with Gasteiger partial charge in [-0.1, -0.05) is 42.5 Å². The van der Waals surface area contributed by atoms with Crippen molar-refractivity contribution in [1.82, 2.24) is 14.5 Å². The summed E-state index contributed by atoms with van der Waals surface area (Å²) in [6, 6.07) is 11.3. The van der Waals surface area contributed by atoms with E-state index in [4.69, 9.17) is 0 Å². The number of hydrogen-bond acceptors (Lipinski definition) is 2. The van der Waals surface area contributed by atoms with Crippen LogP contribution in [0.4, 0.5) is 0 Å². The van der Waals surface area contributed by atoms with Gasteiger partial charge in [-0.2, -0.15) is 0 Å². The maximum Gasteiger partial charge on any atom is 0.0954 e. The summed E-state index contributed by atoms with van der Waals surface area (Å²) < 4.78 is 2.42. The molecule has 2 heterocycles. The van der Waals surface area contributed by atoms with Gasteiger partial charge in [0, 0.05) is 37.8 Å². The van der Waals surface area contributed by atoms with Gasteiger partial charge in [0.2, 0.25) is 0 Å². The summed E-state index contributed by atoms with van der Waals surface area (Å²) in [6.07, 6.45) is 10.4. The second-order valence-electron chi connectivity index (χ2n) is 6.07. The molecule has 3 nitrogen and oxygen atoms in total. The first-order chi connectivity index (χ1) is 10.4. The minimum Gasteiger partial charge on any atom is -0.331 e. The summed E-state index contributed by atoms with van der Waals surface area (Å²) in [5.74, 6) is 0. The van der Waals surface area contributed by atoms with E-state index in [-0.39, 0.29) is 0 Å². The van der Waals surface area contributed by atoms with E-state index in [9.17, 15) is 0 Å². The van der Waals surface area contributed by atoms with Crippen LogP contribution in [0.15, 0.2) is 42.7 Å². The maximum atomic E-state index is 4.63. The minimum absolute atomic E-state index is 0.755. The molecule has 108 valence electrons. The van der Waals surface area contributed by atoms with Crippen LogP contribution in [-0.2, 0) is 13.0 Å². The van der Waals surface area contributed by atoms with Crippen molar-refractivity contribution < 1.29 is 0 Å². The van der Waals surface area contributed by atoms with Gasteiger partial charge in [-0.05, 0) is 18.4 Å². The van der Waals surface area contributed by atoms with Crippen LogP contribution in [0.25, 0.3) is 6.08 Å². The smallest absolute Gasteiger partial charge is 0.0954 e. The second kappa shape index (κ2) is 5.49. The fraction of sp³-hybridized carbons (Fsp3) is 0.389. The van der Waals surface area contributed by atoms with Gasteiger partial charge in [0.25, 0.3) is 0 Å². The highest BCUT2D eigenvalue weighted by Gasteiger charge is 2.29. The molecule has 0 atom stereocenters. The first kappa shape index (κ1) is 12.8. The third-order valence-corrected chi connectivity index (χ3v) is 4.43. The highest BCUT2D eigenvalue weighted by atomic mass is 15.2. The highest BCUT2D eigenvalue weighted by molar-refractivity contribution is 5.48. The summed E-state index contributed by atoms with van der Waals surface area (Å²) >= 11 is 0. The van der Waals surface area contributed by atoms with E-state index in [0.717, 1.165) is 32.1 Å². The molecule has 0 unspecified atom stereocenters. The van der Waals surface area contributed by atoms with Gasteiger partial charge < -0.3 is 4.57 Å². The lowest BCUT2D eigenvalue weighted by Crippen LogP contribution is -2.31. The molecular formula is C18H21N3. The number of imidazole rings is 1. The van der Waals surface area contributed by atoms with Gasteiger partial charge >= 0.3 is 0 Å². The van der Waals surface area contributed by atoms with Crippen molar-refractivity contribution in [2.45, 2.75) is 31.8 Å². The normalized spacial score (nSPS) is 19.0. The van der Waals surface area contributed by atoms with Crippen molar-refractivity contribution in [3.05, 3.63) is 59.7 Å². The molecule has 1 fully saturated rings.